The summed E-state index contributed by atoms with van der Waals surface area (Å²) in [5.41, 5.74) is 7.20. The summed E-state index contributed by atoms with van der Waals surface area (Å²) in [5.74, 6) is 0.880. The first-order valence-corrected chi connectivity index (χ1v) is 8.02. The van der Waals surface area contributed by atoms with Crippen LogP contribution in [0.15, 0.2) is 48.8 Å². The highest BCUT2D eigenvalue weighted by molar-refractivity contribution is 7.19. The third kappa shape index (κ3) is 3.35. The van der Waals surface area contributed by atoms with E-state index in [4.69, 9.17) is 5.73 Å². The second-order valence-corrected chi connectivity index (χ2v) is 6.22. The number of nitrogens with zero attached hydrogens (tertiary/aromatic N) is 3. The molecule has 3 rings (SSSR count). The van der Waals surface area contributed by atoms with Gasteiger partial charge in [-0.3, -0.25) is 0 Å². The highest BCUT2D eigenvalue weighted by Gasteiger charge is 2.11. The lowest BCUT2D eigenvalue weighted by Crippen LogP contribution is -2.30. The van der Waals surface area contributed by atoms with Gasteiger partial charge < -0.3 is 11.1 Å². The van der Waals surface area contributed by atoms with Crippen LogP contribution in [0.3, 0.4) is 0 Å². The maximum absolute atomic E-state index is 5.91. The number of benzene rings is 1. The summed E-state index contributed by atoms with van der Waals surface area (Å²) in [6.45, 7) is 0.589. The molecule has 0 amide bonds. The van der Waals surface area contributed by atoms with E-state index < -0.39 is 0 Å². The highest BCUT2D eigenvalue weighted by Crippen LogP contribution is 2.30. The molecule has 0 fully saturated rings. The quantitative estimate of drug-likeness (QED) is 0.734. The summed E-state index contributed by atoms with van der Waals surface area (Å²) in [4.78, 5) is 5.37. The molecular formula is C16H19N5S. The molecule has 1 aromatic carbocycles. The van der Waals surface area contributed by atoms with E-state index in [9.17, 15) is 0 Å². The first kappa shape index (κ1) is 14.7. The third-order valence-electron chi connectivity index (χ3n) is 3.49. The predicted molar refractivity (Wildman–Crippen MR) is 90.9 cm³/mol. The Balaban J connectivity index is 1.69. The second-order valence-electron chi connectivity index (χ2n) is 5.14. The molecule has 0 aliphatic heterocycles. The lowest BCUT2D eigenvalue weighted by atomic mass is 10.1. The molecule has 0 spiro atoms. The fraction of sp³-hybridized carbons (Fsp3) is 0.250. The standard InChI is InChI=1S/C16H19N5S/c1-21-16(18-11-19-21)14-7-8-15(22-14)20-13(10-17)9-12-5-3-2-4-6-12/h2-8,11,13,20H,9-10,17H2,1H3. The minimum Gasteiger partial charge on any atom is -0.373 e. The molecule has 3 aromatic rings. The Kier molecular flexibility index (Phi) is 4.50. The second kappa shape index (κ2) is 6.72. The van der Waals surface area contributed by atoms with Gasteiger partial charge in [0.15, 0.2) is 5.82 Å². The largest absolute Gasteiger partial charge is 0.373 e. The van der Waals surface area contributed by atoms with Crippen LogP contribution in [0.1, 0.15) is 5.56 Å². The van der Waals surface area contributed by atoms with Crippen molar-refractivity contribution < 1.29 is 0 Å². The van der Waals surface area contributed by atoms with E-state index in [2.05, 4.69) is 51.8 Å². The Morgan fingerprint density at radius 2 is 2.05 bits per heavy atom. The fourth-order valence-electron chi connectivity index (χ4n) is 2.35. The maximum atomic E-state index is 5.91. The van der Waals surface area contributed by atoms with Gasteiger partial charge in [0.1, 0.15) is 6.33 Å². The third-order valence-corrected chi connectivity index (χ3v) is 4.51. The van der Waals surface area contributed by atoms with Gasteiger partial charge in [-0.1, -0.05) is 30.3 Å². The van der Waals surface area contributed by atoms with Gasteiger partial charge in [-0.2, -0.15) is 5.10 Å². The summed E-state index contributed by atoms with van der Waals surface area (Å²) < 4.78 is 1.78. The van der Waals surface area contributed by atoms with E-state index >= 15 is 0 Å². The Hall–Kier alpha value is -2.18. The van der Waals surface area contributed by atoms with Crippen LogP contribution < -0.4 is 11.1 Å². The maximum Gasteiger partial charge on any atom is 0.167 e. The molecule has 0 bridgehead atoms. The monoisotopic (exact) mass is 313 g/mol. The van der Waals surface area contributed by atoms with Gasteiger partial charge in [0.25, 0.3) is 0 Å². The van der Waals surface area contributed by atoms with E-state index in [-0.39, 0.29) is 6.04 Å². The zero-order valence-corrected chi connectivity index (χ0v) is 13.3. The molecule has 0 saturated heterocycles. The van der Waals surface area contributed by atoms with Gasteiger partial charge in [0, 0.05) is 19.6 Å². The fourth-order valence-corrected chi connectivity index (χ4v) is 3.36. The van der Waals surface area contributed by atoms with Gasteiger partial charge in [-0.05, 0) is 24.1 Å². The van der Waals surface area contributed by atoms with Crippen LogP contribution in [0.5, 0.6) is 0 Å². The van der Waals surface area contributed by atoms with Crippen molar-refractivity contribution in [2.75, 3.05) is 11.9 Å². The molecule has 2 aromatic heterocycles. The van der Waals surface area contributed by atoms with Crippen LogP contribution in [0.25, 0.3) is 10.7 Å². The topological polar surface area (TPSA) is 68.8 Å². The van der Waals surface area contributed by atoms with E-state index in [1.54, 1.807) is 22.3 Å². The van der Waals surface area contributed by atoms with E-state index in [0.29, 0.717) is 6.54 Å². The van der Waals surface area contributed by atoms with Gasteiger partial charge in [0.2, 0.25) is 0 Å². The van der Waals surface area contributed by atoms with Crippen molar-refractivity contribution in [1.82, 2.24) is 14.8 Å². The van der Waals surface area contributed by atoms with Gasteiger partial charge in [-0.15, -0.1) is 11.3 Å². The number of aromatic nitrogens is 3. The molecule has 0 aliphatic rings. The first-order valence-electron chi connectivity index (χ1n) is 7.21. The van der Waals surface area contributed by atoms with Crippen LogP contribution in [0, 0.1) is 0 Å². The average Bonchev–Trinajstić information content (AvgIpc) is 3.16. The number of rotatable bonds is 6. The molecule has 22 heavy (non-hydrogen) atoms. The van der Waals surface area contributed by atoms with E-state index in [0.717, 1.165) is 22.1 Å². The van der Waals surface area contributed by atoms with Crippen molar-refractivity contribution >= 4 is 16.3 Å². The summed E-state index contributed by atoms with van der Waals surface area (Å²) >= 11 is 1.67. The smallest absolute Gasteiger partial charge is 0.167 e. The van der Waals surface area contributed by atoms with Crippen LogP contribution in [-0.2, 0) is 13.5 Å². The van der Waals surface area contributed by atoms with Crippen LogP contribution >= 0.6 is 11.3 Å². The number of thiophene rings is 1. The van der Waals surface area contributed by atoms with Crippen molar-refractivity contribution in [3.63, 3.8) is 0 Å². The number of nitrogens with one attached hydrogen (secondary N) is 1. The molecule has 1 unspecified atom stereocenters. The normalized spacial score (nSPS) is 12.3. The van der Waals surface area contributed by atoms with Crippen molar-refractivity contribution in [2.45, 2.75) is 12.5 Å². The number of hydrogen-bond donors (Lipinski definition) is 2. The first-order chi connectivity index (χ1) is 10.8. The minimum atomic E-state index is 0.216. The Morgan fingerprint density at radius 1 is 1.23 bits per heavy atom. The highest BCUT2D eigenvalue weighted by atomic mass is 32.1. The summed E-state index contributed by atoms with van der Waals surface area (Å²) in [6, 6.07) is 14.7. The SMILES string of the molecule is Cn1ncnc1-c1ccc(NC(CN)Cc2ccccc2)s1. The van der Waals surface area contributed by atoms with Gasteiger partial charge in [0.05, 0.1) is 9.88 Å². The lowest BCUT2D eigenvalue weighted by molar-refractivity contribution is 0.726. The Bertz CT molecular complexity index is 719. The minimum absolute atomic E-state index is 0.216. The Labute approximate surface area is 133 Å². The molecule has 1 atom stereocenters. The molecule has 6 heteroatoms. The van der Waals surface area contributed by atoms with Crippen LogP contribution in [0.4, 0.5) is 5.00 Å². The summed E-state index contributed by atoms with van der Waals surface area (Å²) in [7, 11) is 1.90. The number of nitrogens with two attached hydrogens (primary N) is 1. The molecule has 114 valence electrons. The van der Waals surface area contributed by atoms with E-state index in [1.165, 1.54) is 5.56 Å². The molecule has 2 heterocycles. The molecular weight excluding hydrogens is 294 g/mol. The zero-order chi connectivity index (χ0) is 15.4. The predicted octanol–water partition coefficient (Wildman–Crippen LogP) is 2.53. The molecule has 3 N–H and O–H groups in total. The lowest BCUT2D eigenvalue weighted by Gasteiger charge is -2.16. The van der Waals surface area contributed by atoms with E-state index in [1.807, 2.05) is 13.1 Å². The van der Waals surface area contributed by atoms with Crippen LogP contribution in [0.2, 0.25) is 0 Å². The molecule has 0 aliphatic carbocycles. The molecule has 5 nitrogen and oxygen atoms in total. The molecule has 0 radical (unpaired) electrons. The molecule has 0 saturated carbocycles. The number of hydrogen-bond acceptors (Lipinski definition) is 5. The van der Waals surface area contributed by atoms with Gasteiger partial charge >= 0.3 is 0 Å². The number of anilines is 1. The van der Waals surface area contributed by atoms with Crippen molar-refractivity contribution in [3.8, 4) is 10.7 Å². The van der Waals surface area contributed by atoms with Crippen molar-refractivity contribution in [1.29, 1.82) is 0 Å². The van der Waals surface area contributed by atoms with Crippen molar-refractivity contribution in [3.05, 3.63) is 54.4 Å². The summed E-state index contributed by atoms with van der Waals surface area (Å²) in [5, 5.41) is 8.72. The van der Waals surface area contributed by atoms with Crippen molar-refractivity contribution in [2.24, 2.45) is 12.8 Å². The average molecular weight is 313 g/mol. The van der Waals surface area contributed by atoms with Crippen LogP contribution in [-0.4, -0.2) is 27.4 Å². The number of aryl methyl sites for hydroxylation is 1. The van der Waals surface area contributed by atoms with Gasteiger partial charge in [-0.25, -0.2) is 9.67 Å². The zero-order valence-electron chi connectivity index (χ0n) is 12.4. The summed E-state index contributed by atoms with van der Waals surface area (Å²) in [6.07, 6.45) is 2.48. The Morgan fingerprint density at radius 3 is 2.73 bits per heavy atom.